The lowest BCUT2D eigenvalue weighted by atomic mass is 9.92. The number of halogens is 3. The molecule has 1 saturated heterocycles. The van der Waals surface area contributed by atoms with Crippen LogP contribution in [0.3, 0.4) is 0 Å². The lowest BCUT2D eigenvalue weighted by Crippen LogP contribution is -2.39. The van der Waals surface area contributed by atoms with E-state index in [-0.39, 0.29) is 36.6 Å². The summed E-state index contributed by atoms with van der Waals surface area (Å²) in [6.07, 6.45) is -1.12. The Hall–Kier alpha value is -2.54. The van der Waals surface area contributed by atoms with Crippen molar-refractivity contribution in [2.75, 3.05) is 29.9 Å². The molecule has 0 radical (unpaired) electrons. The first-order valence-electron chi connectivity index (χ1n) is 10.4. The van der Waals surface area contributed by atoms with Crippen LogP contribution in [0.2, 0.25) is 0 Å². The quantitative estimate of drug-likeness (QED) is 0.669. The molecule has 1 fully saturated rings. The summed E-state index contributed by atoms with van der Waals surface area (Å²) < 4.78 is 50.4. The summed E-state index contributed by atoms with van der Waals surface area (Å²) in [4.78, 5) is 13.6. The van der Waals surface area contributed by atoms with Gasteiger partial charge in [0.1, 0.15) is 11.9 Å². The number of carbonyl (C=O) groups is 1. The van der Waals surface area contributed by atoms with Gasteiger partial charge in [-0.1, -0.05) is 51.1 Å². The Bertz CT molecular complexity index is 903. The Balaban J connectivity index is 1.81. The van der Waals surface area contributed by atoms with Crippen LogP contribution in [0.4, 0.5) is 24.5 Å². The summed E-state index contributed by atoms with van der Waals surface area (Å²) in [6.45, 7) is 7.10. The molecule has 1 aliphatic rings. The van der Waals surface area contributed by atoms with E-state index in [1.807, 2.05) is 20.8 Å². The molecule has 31 heavy (non-hydrogen) atoms. The van der Waals surface area contributed by atoms with Gasteiger partial charge in [-0.25, -0.2) is 13.2 Å². The molecule has 0 aromatic heterocycles. The SMILES string of the molecule is Cc1cc(N2CCOC(c3ccccc3)C(F)(F)C2)cc(F)c1NC(=O)CC(C)(C)C. The van der Waals surface area contributed by atoms with E-state index in [1.165, 1.54) is 11.0 Å². The maximum Gasteiger partial charge on any atom is 0.294 e. The molecule has 0 aliphatic carbocycles. The highest BCUT2D eigenvalue weighted by molar-refractivity contribution is 5.92. The monoisotopic (exact) mass is 434 g/mol. The molecule has 0 saturated carbocycles. The van der Waals surface area contributed by atoms with Crippen LogP contribution in [0.1, 0.15) is 44.4 Å². The van der Waals surface area contributed by atoms with Gasteiger partial charge in [0, 0.05) is 18.7 Å². The van der Waals surface area contributed by atoms with Crippen LogP contribution in [0.25, 0.3) is 0 Å². The molecule has 4 nitrogen and oxygen atoms in total. The van der Waals surface area contributed by atoms with Crippen molar-refractivity contribution in [2.45, 2.75) is 46.1 Å². The number of alkyl halides is 2. The predicted octanol–water partition coefficient (Wildman–Crippen LogP) is 5.72. The van der Waals surface area contributed by atoms with Gasteiger partial charge in [0.25, 0.3) is 5.92 Å². The number of ether oxygens (including phenoxy) is 1. The topological polar surface area (TPSA) is 41.6 Å². The molecule has 1 N–H and O–H groups in total. The van der Waals surface area contributed by atoms with Crippen LogP contribution in [-0.2, 0) is 9.53 Å². The Morgan fingerprint density at radius 1 is 1.23 bits per heavy atom. The number of rotatable bonds is 4. The smallest absolute Gasteiger partial charge is 0.294 e. The summed E-state index contributed by atoms with van der Waals surface area (Å²) in [5.74, 6) is -4.10. The van der Waals surface area contributed by atoms with Gasteiger partial charge >= 0.3 is 0 Å². The highest BCUT2D eigenvalue weighted by atomic mass is 19.3. The fourth-order valence-corrected chi connectivity index (χ4v) is 3.74. The van der Waals surface area contributed by atoms with E-state index in [1.54, 1.807) is 43.3 Å². The molecule has 1 amide bonds. The molecular weight excluding hydrogens is 405 g/mol. The lowest BCUT2D eigenvalue weighted by molar-refractivity contribution is -0.122. The molecule has 2 aromatic rings. The van der Waals surface area contributed by atoms with E-state index < -0.39 is 24.4 Å². The number of hydrogen-bond donors (Lipinski definition) is 1. The number of benzene rings is 2. The molecule has 168 valence electrons. The van der Waals surface area contributed by atoms with Crippen LogP contribution < -0.4 is 10.2 Å². The highest BCUT2D eigenvalue weighted by Gasteiger charge is 2.45. The van der Waals surface area contributed by atoms with Crippen molar-refractivity contribution in [3.63, 3.8) is 0 Å². The standard InChI is InChI=1S/C24H29F3N2O2/c1-16-12-18(13-19(25)21(16)28-20(30)14-23(2,3)4)29-10-11-31-22(24(26,27)15-29)17-8-6-5-7-9-17/h5-9,12-13,22H,10-11,14-15H2,1-4H3,(H,28,30). The first kappa shape index (κ1) is 23.1. The van der Waals surface area contributed by atoms with Gasteiger partial charge in [-0.2, -0.15) is 0 Å². The Morgan fingerprint density at radius 2 is 1.90 bits per heavy atom. The second-order valence-electron chi connectivity index (χ2n) is 9.25. The van der Waals surface area contributed by atoms with Gasteiger partial charge in [0.05, 0.1) is 18.8 Å². The van der Waals surface area contributed by atoms with E-state index in [0.29, 0.717) is 16.8 Å². The first-order valence-corrected chi connectivity index (χ1v) is 10.4. The minimum absolute atomic E-state index is 0.0815. The van der Waals surface area contributed by atoms with Gasteiger partial charge < -0.3 is 15.0 Å². The minimum atomic E-state index is -3.16. The zero-order valence-corrected chi connectivity index (χ0v) is 18.3. The summed E-state index contributed by atoms with van der Waals surface area (Å²) >= 11 is 0. The largest absolute Gasteiger partial charge is 0.365 e. The van der Waals surface area contributed by atoms with Crippen molar-refractivity contribution in [2.24, 2.45) is 5.41 Å². The van der Waals surface area contributed by atoms with Crippen LogP contribution in [0.5, 0.6) is 0 Å². The second-order valence-corrected chi connectivity index (χ2v) is 9.25. The Kier molecular flexibility index (Phi) is 6.65. The minimum Gasteiger partial charge on any atom is -0.365 e. The van der Waals surface area contributed by atoms with Crippen molar-refractivity contribution in [1.29, 1.82) is 0 Å². The van der Waals surface area contributed by atoms with Crippen LogP contribution in [0.15, 0.2) is 42.5 Å². The number of amides is 1. The molecule has 1 aliphatic heterocycles. The maximum absolute atomic E-state index is 15.0. The average molecular weight is 435 g/mol. The molecule has 1 atom stereocenters. The summed E-state index contributed by atoms with van der Waals surface area (Å²) in [5.41, 5.74) is 1.07. The summed E-state index contributed by atoms with van der Waals surface area (Å²) in [7, 11) is 0. The zero-order chi connectivity index (χ0) is 22.8. The molecule has 3 rings (SSSR count). The van der Waals surface area contributed by atoms with E-state index in [2.05, 4.69) is 5.32 Å². The molecule has 1 heterocycles. The molecule has 1 unspecified atom stereocenters. The van der Waals surface area contributed by atoms with Crippen LogP contribution in [-0.4, -0.2) is 31.5 Å². The molecule has 7 heteroatoms. The first-order chi connectivity index (χ1) is 14.5. The van der Waals surface area contributed by atoms with E-state index in [9.17, 15) is 9.18 Å². The number of nitrogens with zero attached hydrogens (tertiary/aromatic N) is 1. The number of hydrogen-bond acceptors (Lipinski definition) is 3. The maximum atomic E-state index is 15.0. The van der Waals surface area contributed by atoms with Crippen molar-refractivity contribution in [1.82, 2.24) is 0 Å². The van der Waals surface area contributed by atoms with Crippen molar-refractivity contribution >= 4 is 17.3 Å². The third-order valence-corrected chi connectivity index (χ3v) is 5.13. The van der Waals surface area contributed by atoms with Crippen molar-refractivity contribution in [3.8, 4) is 0 Å². The predicted molar refractivity (Wildman–Crippen MR) is 116 cm³/mol. The van der Waals surface area contributed by atoms with Gasteiger partial charge in [0.2, 0.25) is 5.91 Å². The fraction of sp³-hybridized carbons (Fsp3) is 0.458. The average Bonchev–Trinajstić information content (AvgIpc) is 2.81. The fourth-order valence-electron chi connectivity index (χ4n) is 3.74. The van der Waals surface area contributed by atoms with Gasteiger partial charge in [-0.15, -0.1) is 0 Å². The van der Waals surface area contributed by atoms with Gasteiger partial charge in [-0.05, 0) is 35.6 Å². The van der Waals surface area contributed by atoms with Crippen molar-refractivity contribution in [3.05, 3.63) is 59.4 Å². The number of carbonyl (C=O) groups excluding carboxylic acids is 1. The van der Waals surface area contributed by atoms with Gasteiger partial charge in [0.15, 0.2) is 0 Å². The van der Waals surface area contributed by atoms with E-state index >= 15 is 8.78 Å². The van der Waals surface area contributed by atoms with E-state index in [4.69, 9.17) is 4.74 Å². The number of anilines is 2. The van der Waals surface area contributed by atoms with Crippen LogP contribution in [0, 0.1) is 18.2 Å². The number of aryl methyl sites for hydroxylation is 1. The van der Waals surface area contributed by atoms with Crippen molar-refractivity contribution < 1.29 is 22.7 Å². The third-order valence-electron chi connectivity index (χ3n) is 5.13. The Labute approximate surface area is 181 Å². The number of nitrogens with one attached hydrogen (secondary N) is 1. The lowest BCUT2D eigenvalue weighted by Gasteiger charge is -2.29. The summed E-state index contributed by atoms with van der Waals surface area (Å²) in [6, 6.07) is 11.2. The normalized spacial score (nSPS) is 19.1. The second kappa shape index (κ2) is 8.91. The third kappa shape index (κ3) is 5.79. The van der Waals surface area contributed by atoms with E-state index in [0.717, 1.165) is 0 Å². The molecule has 0 spiro atoms. The molecule has 0 bridgehead atoms. The van der Waals surface area contributed by atoms with Gasteiger partial charge in [-0.3, -0.25) is 4.79 Å². The molecular formula is C24H29F3N2O2. The Morgan fingerprint density at radius 3 is 2.52 bits per heavy atom. The zero-order valence-electron chi connectivity index (χ0n) is 18.3. The van der Waals surface area contributed by atoms with Crippen LogP contribution >= 0.6 is 0 Å². The highest BCUT2D eigenvalue weighted by Crippen LogP contribution is 2.39. The molecule has 2 aromatic carbocycles. The summed E-state index contributed by atoms with van der Waals surface area (Å²) in [5, 5.41) is 2.62.